The molecule has 2 heterocycles. The van der Waals surface area contributed by atoms with Gasteiger partial charge in [-0.05, 0) is 37.5 Å². The van der Waals surface area contributed by atoms with Crippen LogP contribution in [-0.4, -0.2) is 42.1 Å². The molecule has 2 aromatic rings. The largest absolute Gasteiger partial charge is 0.497 e. The van der Waals surface area contributed by atoms with E-state index < -0.39 is 0 Å². The third-order valence-electron chi connectivity index (χ3n) is 4.41. The number of rotatable bonds is 7. The number of hydroxylamine groups is 1. The molecule has 0 radical (unpaired) electrons. The first-order valence-corrected chi connectivity index (χ1v) is 9.59. The summed E-state index contributed by atoms with van der Waals surface area (Å²) in [6, 6.07) is 7.95. The lowest BCUT2D eigenvalue weighted by Crippen LogP contribution is -2.40. The molecule has 1 saturated heterocycles. The Labute approximate surface area is 157 Å². The van der Waals surface area contributed by atoms with Crippen LogP contribution in [0.25, 0.3) is 0 Å². The molecule has 0 spiro atoms. The predicted molar refractivity (Wildman–Crippen MR) is 100 cm³/mol. The maximum atomic E-state index is 12.0. The summed E-state index contributed by atoms with van der Waals surface area (Å²) in [6.45, 7) is 3.93. The average molecular weight is 376 g/mol. The van der Waals surface area contributed by atoms with Crippen molar-refractivity contribution >= 4 is 22.6 Å². The highest BCUT2D eigenvalue weighted by Crippen LogP contribution is 2.26. The van der Waals surface area contributed by atoms with Gasteiger partial charge in [-0.1, -0.05) is 12.1 Å². The lowest BCUT2D eigenvalue weighted by atomic mass is 9.96. The standard InChI is InChI=1S/C18H24N4O3S/c1-3-25-20-17(23)14-7-9-22(10-8-14)18-19-16(21-26-18)12-13-5-4-6-15(11-13)24-2/h4-6,11,14H,3,7-10,12H2,1-2H3,(H,20,23). The van der Waals surface area contributed by atoms with E-state index in [0.717, 1.165) is 48.2 Å². The van der Waals surface area contributed by atoms with Crippen molar-refractivity contribution in [1.29, 1.82) is 0 Å². The number of hydrogen-bond donors (Lipinski definition) is 1. The first-order chi connectivity index (χ1) is 12.7. The molecule has 140 valence electrons. The summed E-state index contributed by atoms with van der Waals surface area (Å²) < 4.78 is 9.74. The lowest BCUT2D eigenvalue weighted by molar-refractivity contribution is -0.138. The number of aromatic nitrogens is 2. The van der Waals surface area contributed by atoms with Crippen LogP contribution >= 0.6 is 11.5 Å². The molecule has 8 heteroatoms. The Kier molecular flexibility index (Phi) is 6.40. The lowest BCUT2D eigenvalue weighted by Gasteiger charge is -2.30. The third kappa shape index (κ3) is 4.70. The highest BCUT2D eigenvalue weighted by atomic mass is 32.1. The summed E-state index contributed by atoms with van der Waals surface area (Å²) >= 11 is 1.42. The molecule has 3 rings (SSSR count). The normalized spacial score (nSPS) is 15.1. The van der Waals surface area contributed by atoms with Crippen LogP contribution in [-0.2, 0) is 16.1 Å². The second-order valence-corrected chi connectivity index (χ2v) is 6.91. The van der Waals surface area contributed by atoms with Crippen molar-refractivity contribution in [3.8, 4) is 5.75 Å². The quantitative estimate of drug-likeness (QED) is 0.748. The van der Waals surface area contributed by atoms with Crippen molar-refractivity contribution in [2.45, 2.75) is 26.2 Å². The smallest absolute Gasteiger partial charge is 0.246 e. The maximum Gasteiger partial charge on any atom is 0.246 e. The van der Waals surface area contributed by atoms with Gasteiger partial charge in [-0.25, -0.2) is 10.5 Å². The highest BCUT2D eigenvalue weighted by molar-refractivity contribution is 7.09. The predicted octanol–water partition coefficient (Wildman–Crippen LogP) is 2.42. The molecule has 0 unspecified atom stereocenters. The highest BCUT2D eigenvalue weighted by Gasteiger charge is 2.26. The summed E-state index contributed by atoms with van der Waals surface area (Å²) in [4.78, 5) is 23.8. The number of nitrogens with zero attached hydrogens (tertiary/aromatic N) is 3. The van der Waals surface area contributed by atoms with Gasteiger partial charge in [0, 0.05) is 37.0 Å². The number of carbonyl (C=O) groups excluding carboxylic acids is 1. The Morgan fingerprint density at radius 2 is 2.19 bits per heavy atom. The van der Waals surface area contributed by atoms with Crippen LogP contribution in [0.2, 0.25) is 0 Å². The molecule has 1 fully saturated rings. The maximum absolute atomic E-state index is 12.0. The van der Waals surface area contributed by atoms with E-state index in [0.29, 0.717) is 13.0 Å². The summed E-state index contributed by atoms with van der Waals surface area (Å²) in [5.74, 6) is 1.63. The molecule has 1 aromatic heterocycles. The summed E-state index contributed by atoms with van der Waals surface area (Å²) in [6.07, 6.45) is 2.27. The zero-order valence-corrected chi connectivity index (χ0v) is 15.9. The van der Waals surface area contributed by atoms with Gasteiger partial charge in [0.2, 0.25) is 11.0 Å². The van der Waals surface area contributed by atoms with E-state index in [1.54, 1.807) is 7.11 Å². The molecule has 0 bridgehead atoms. The molecule has 1 aliphatic rings. The van der Waals surface area contributed by atoms with Gasteiger partial charge >= 0.3 is 0 Å². The van der Waals surface area contributed by atoms with E-state index >= 15 is 0 Å². The van der Waals surface area contributed by atoms with Crippen LogP contribution in [0.1, 0.15) is 31.2 Å². The van der Waals surface area contributed by atoms with Crippen molar-refractivity contribution in [3.63, 3.8) is 0 Å². The molecular weight excluding hydrogens is 352 g/mol. The number of benzene rings is 1. The summed E-state index contributed by atoms with van der Waals surface area (Å²) in [5, 5.41) is 0.923. The van der Waals surface area contributed by atoms with Gasteiger partial charge in [0.25, 0.3) is 0 Å². The minimum absolute atomic E-state index is 0.00183. The van der Waals surface area contributed by atoms with Crippen molar-refractivity contribution in [2.75, 3.05) is 31.7 Å². The molecule has 0 atom stereocenters. The van der Waals surface area contributed by atoms with E-state index in [9.17, 15) is 4.79 Å². The fraction of sp³-hybridized carbons (Fsp3) is 0.500. The van der Waals surface area contributed by atoms with Crippen LogP contribution in [0.5, 0.6) is 5.75 Å². The van der Waals surface area contributed by atoms with Gasteiger partial charge < -0.3 is 9.64 Å². The molecule has 1 aliphatic heterocycles. The second kappa shape index (κ2) is 8.95. The molecular formula is C18H24N4O3S. The van der Waals surface area contributed by atoms with Crippen molar-refractivity contribution in [3.05, 3.63) is 35.7 Å². The monoisotopic (exact) mass is 376 g/mol. The molecule has 7 nitrogen and oxygen atoms in total. The zero-order chi connectivity index (χ0) is 18.4. The molecule has 0 aliphatic carbocycles. The van der Waals surface area contributed by atoms with Gasteiger partial charge in [-0.3, -0.25) is 9.63 Å². The summed E-state index contributed by atoms with van der Waals surface area (Å²) in [7, 11) is 1.66. The number of methoxy groups -OCH3 is 1. The molecule has 26 heavy (non-hydrogen) atoms. The Morgan fingerprint density at radius 3 is 2.92 bits per heavy atom. The third-order valence-corrected chi connectivity index (χ3v) is 5.22. The zero-order valence-electron chi connectivity index (χ0n) is 15.1. The van der Waals surface area contributed by atoms with E-state index in [2.05, 4.69) is 19.7 Å². The number of nitrogens with one attached hydrogen (secondary N) is 1. The van der Waals surface area contributed by atoms with Crippen molar-refractivity contribution in [2.24, 2.45) is 5.92 Å². The fourth-order valence-electron chi connectivity index (χ4n) is 2.97. The molecule has 0 saturated carbocycles. The van der Waals surface area contributed by atoms with Crippen LogP contribution in [0.15, 0.2) is 24.3 Å². The van der Waals surface area contributed by atoms with E-state index in [1.165, 1.54) is 11.5 Å². The van der Waals surface area contributed by atoms with Crippen molar-refractivity contribution in [1.82, 2.24) is 14.8 Å². The van der Waals surface area contributed by atoms with Crippen LogP contribution in [0.3, 0.4) is 0 Å². The van der Waals surface area contributed by atoms with E-state index in [1.807, 2.05) is 31.2 Å². The van der Waals surface area contributed by atoms with Gasteiger partial charge in [-0.15, -0.1) is 0 Å². The van der Waals surface area contributed by atoms with E-state index in [-0.39, 0.29) is 11.8 Å². The SMILES string of the molecule is CCONC(=O)C1CCN(c2nc(Cc3cccc(OC)c3)ns2)CC1. The number of carbonyl (C=O) groups is 1. The van der Waals surface area contributed by atoms with E-state index in [4.69, 9.17) is 9.57 Å². The minimum Gasteiger partial charge on any atom is -0.497 e. The van der Waals surface area contributed by atoms with Gasteiger partial charge in [0.1, 0.15) is 11.6 Å². The number of anilines is 1. The molecule has 1 aromatic carbocycles. The minimum atomic E-state index is -0.0255. The van der Waals surface area contributed by atoms with Gasteiger partial charge in [0.15, 0.2) is 0 Å². The summed E-state index contributed by atoms with van der Waals surface area (Å²) in [5.41, 5.74) is 3.63. The first kappa shape index (κ1) is 18.6. The number of hydrogen-bond acceptors (Lipinski definition) is 7. The molecule has 1 N–H and O–H groups in total. The number of piperidine rings is 1. The number of ether oxygens (including phenoxy) is 1. The Hall–Kier alpha value is -2.19. The molecule has 1 amide bonds. The first-order valence-electron chi connectivity index (χ1n) is 8.81. The van der Waals surface area contributed by atoms with Crippen LogP contribution in [0.4, 0.5) is 5.13 Å². The Balaban J connectivity index is 1.54. The topological polar surface area (TPSA) is 76.6 Å². The van der Waals surface area contributed by atoms with Crippen LogP contribution < -0.4 is 15.1 Å². The van der Waals surface area contributed by atoms with Crippen LogP contribution in [0, 0.1) is 5.92 Å². The van der Waals surface area contributed by atoms with Crippen molar-refractivity contribution < 1.29 is 14.4 Å². The second-order valence-electron chi connectivity index (χ2n) is 6.18. The average Bonchev–Trinajstić information content (AvgIpc) is 3.14. The van der Waals surface area contributed by atoms with Gasteiger partial charge in [-0.2, -0.15) is 4.37 Å². The Morgan fingerprint density at radius 1 is 1.38 bits per heavy atom. The fourth-order valence-corrected chi connectivity index (χ4v) is 3.71. The number of amides is 1. The Bertz CT molecular complexity index is 729. The van der Waals surface area contributed by atoms with Gasteiger partial charge in [0.05, 0.1) is 13.7 Å².